The number of rotatable bonds is 8. The highest BCUT2D eigenvalue weighted by atomic mass is 16.2. The molecule has 0 aromatic heterocycles. The van der Waals surface area contributed by atoms with Gasteiger partial charge in [-0.2, -0.15) is 0 Å². The third-order valence-corrected chi connectivity index (χ3v) is 7.38. The zero-order valence-electron chi connectivity index (χ0n) is 20.4. The molecule has 0 unspecified atom stereocenters. The van der Waals surface area contributed by atoms with Gasteiger partial charge in [-0.25, -0.2) is 0 Å². The number of hydrogen-bond donors (Lipinski definition) is 1. The van der Waals surface area contributed by atoms with Crippen LogP contribution in [0.25, 0.3) is 0 Å². The average Bonchev–Trinajstić information content (AvgIpc) is 3.23. The number of nitrogens with zero attached hydrogens (tertiary/aromatic N) is 2. The number of hydrogen-bond acceptors (Lipinski definition) is 3. The van der Waals surface area contributed by atoms with Gasteiger partial charge in [0.1, 0.15) is 12.1 Å². The second-order valence-electron chi connectivity index (χ2n) is 9.97. The number of carbonyl (C=O) groups excluding carboxylic acids is 2. The standard InChI is InChI=1S/C28H37N3O2/c1-5-21(6-2)26-27(32)29-25(24-15-22-9-7-8-10-23(22)16-24)28(33)31(26)18-20-13-11-19(12-14-20)17-30(3)4/h7-14,21,24-26H,5-6,15-18H2,1-4H3,(H,29,32)/t25-,26-/m1/s1. The Bertz CT molecular complexity index is 956. The lowest BCUT2D eigenvalue weighted by atomic mass is 9.86. The Balaban J connectivity index is 1.58. The number of benzene rings is 2. The molecule has 1 N–H and O–H groups in total. The predicted molar refractivity (Wildman–Crippen MR) is 132 cm³/mol. The van der Waals surface area contributed by atoms with E-state index in [1.807, 2.05) is 4.90 Å². The van der Waals surface area contributed by atoms with Crippen LogP contribution in [0, 0.1) is 11.8 Å². The van der Waals surface area contributed by atoms with Crippen molar-refractivity contribution >= 4 is 11.8 Å². The average molecular weight is 448 g/mol. The number of piperazine rings is 1. The van der Waals surface area contributed by atoms with E-state index >= 15 is 0 Å². The molecule has 0 bridgehead atoms. The molecule has 0 radical (unpaired) electrons. The molecule has 2 amide bonds. The summed E-state index contributed by atoms with van der Waals surface area (Å²) >= 11 is 0. The Kier molecular flexibility index (Phi) is 7.18. The summed E-state index contributed by atoms with van der Waals surface area (Å²) in [5.41, 5.74) is 4.92. The minimum Gasteiger partial charge on any atom is -0.342 e. The molecule has 1 aliphatic carbocycles. The Hall–Kier alpha value is -2.66. The van der Waals surface area contributed by atoms with Crippen LogP contribution in [0.5, 0.6) is 0 Å². The zero-order valence-corrected chi connectivity index (χ0v) is 20.4. The summed E-state index contributed by atoms with van der Waals surface area (Å²) in [5, 5.41) is 3.15. The molecule has 0 spiro atoms. The van der Waals surface area contributed by atoms with E-state index in [9.17, 15) is 9.59 Å². The lowest BCUT2D eigenvalue weighted by Gasteiger charge is -2.43. The first-order chi connectivity index (χ1) is 15.9. The van der Waals surface area contributed by atoms with Crippen molar-refractivity contribution in [2.24, 2.45) is 11.8 Å². The maximum Gasteiger partial charge on any atom is 0.246 e. The van der Waals surface area contributed by atoms with E-state index in [2.05, 4.69) is 86.7 Å². The van der Waals surface area contributed by atoms with Gasteiger partial charge in [-0.05, 0) is 61.0 Å². The highest BCUT2D eigenvalue weighted by Crippen LogP contribution is 2.33. The summed E-state index contributed by atoms with van der Waals surface area (Å²) in [5.74, 6) is 0.352. The van der Waals surface area contributed by atoms with Crippen molar-refractivity contribution in [1.82, 2.24) is 15.1 Å². The van der Waals surface area contributed by atoms with E-state index in [1.54, 1.807) is 0 Å². The van der Waals surface area contributed by atoms with Crippen LogP contribution in [0.1, 0.15) is 48.9 Å². The molecular weight excluding hydrogens is 410 g/mol. The monoisotopic (exact) mass is 447 g/mol. The van der Waals surface area contributed by atoms with Gasteiger partial charge in [0.15, 0.2) is 0 Å². The minimum absolute atomic E-state index is 0.00786. The maximum absolute atomic E-state index is 13.9. The van der Waals surface area contributed by atoms with E-state index in [4.69, 9.17) is 0 Å². The van der Waals surface area contributed by atoms with Crippen molar-refractivity contribution in [3.63, 3.8) is 0 Å². The highest BCUT2D eigenvalue weighted by Gasteiger charge is 2.46. The summed E-state index contributed by atoms with van der Waals surface area (Å²) in [7, 11) is 4.11. The summed E-state index contributed by atoms with van der Waals surface area (Å²) in [6.07, 6.45) is 3.44. The first kappa shape index (κ1) is 23.5. The number of carbonyl (C=O) groups is 2. The van der Waals surface area contributed by atoms with Gasteiger partial charge >= 0.3 is 0 Å². The van der Waals surface area contributed by atoms with Gasteiger partial charge in [0.05, 0.1) is 0 Å². The van der Waals surface area contributed by atoms with Crippen LogP contribution >= 0.6 is 0 Å². The van der Waals surface area contributed by atoms with Crippen molar-refractivity contribution in [2.45, 2.75) is 64.7 Å². The van der Waals surface area contributed by atoms with Crippen LogP contribution in [0.3, 0.4) is 0 Å². The van der Waals surface area contributed by atoms with E-state index in [0.29, 0.717) is 6.54 Å². The van der Waals surface area contributed by atoms with Crippen molar-refractivity contribution in [3.8, 4) is 0 Å². The van der Waals surface area contributed by atoms with Crippen LogP contribution < -0.4 is 5.32 Å². The van der Waals surface area contributed by atoms with Gasteiger partial charge in [0.2, 0.25) is 11.8 Å². The Morgan fingerprint density at radius 1 is 0.939 bits per heavy atom. The lowest BCUT2D eigenvalue weighted by Crippen LogP contribution is -2.66. The quantitative estimate of drug-likeness (QED) is 0.670. The molecule has 1 fully saturated rings. The fraction of sp³-hybridized carbons (Fsp3) is 0.500. The maximum atomic E-state index is 13.9. The van der Waals surface area contributed by atoms with Crippen molar-refractivity contribution < 1.29 is 9.59 Å². The van der Waals surface area contributed by atoms with E-state index in [-0.39, 0.29) is 23.7 Å². The SMILES string of the molecule is CCC(CC)[C@@H]1C(=O)N[C@H](C2Cc3ccccc3C2)C(=O)N1Cc1ccc(CN(C)C)cc1. The summed E-state index contributed by atoms with van der Waals surface area (Å²) in [4.78, 5) is 31.3. The van der Waals surface area contributed by atoms with E-state index < -0.39 is 12.1 Å². The molecule has 0 saturated carbocycles. The van der Waals surface area contributed by atoms with Gasteiger partial charge < -0.3 is 15.1 Å². The normalized spacial score (nSPS) is 21.1. The van der Waals surface area contributed by atoms with Gasteiger partial charge in [-0.15, -0.1) is 0 Å². The molecule has 1 heterocycles. The zero-order chi connectivity index (χ0) is 23.5. The second-order valence-corrected chi connectivity index (χ2v) is 9.97. The van der Waals surface area contributed by atoms with Crippen molar-refractivity contribution in [3.05, 3.63) is 70.8 Å². The smallest absolute Gasteiger partial charge is 0.246 e. The van der Waals surface area contributed by atoms with Crippen LogP contribution in [0.2, 0.25) is 0 Å². The third-order valence-electron chi connectivity index (χ3n) is 7.38. The predicted octanol–water partition coefficient (Wildman–Crippen LogP) is 3.80. The molecule has 2 aliphatic rings. The van der Waals surface area contributed by atoms with Gasteiger partial charge in [0.25, 0.3) is 0 Å². The minimum atomic E-state index is -0.455. The summed E-state index contributed by atoms with van der Waals surface area (Å²) in [6.45, 7) is 5.58. The second kappa shape index (κ2) is 10.1. The molecule has 2 aromatic carbocycles. The molecule has 1 saturated heterocycles. The van der Waals surface area contributed by atoms with Crippen LogP contribution in [-0.4, -0.2) is 47.8 Å². The van der Waals surface area contributed by atoms with Crippen LogP contribution in [0.15, 0.2) is 48.5 Å². The van der Waals surface area contributed by atoms with E-state index in [1.165, 1.54) is 16.7 Å². The Morgan fingerprint density at radius 2 is 1.52 bits per heavy atom. The number of fused-ring (bicyclic) bond motifs is 1. The fourth-order valence-electron chi connectivity index (χ4n) is 5.60. The lowest BCUT2D eigenvalue weighted by molar-refractivity contribution is -0.154. The van der Waals surface area contributed by atoms with Gasteiger partial charge in [-0.3, -0.25) is 9.59 Å². The van der Waals surface area contributed by atoms with Gasteiger partial charge in [0, 0.05) is 13.1 Å². The number of nitrogens with one attached hydrogen (secondary N) is 1. The van der Waals surface area contributed by atoms with Crippen molar-refractivity contribution in [1.29, 1.82) is 0 Å². The van der Waals surface area contributed by atoms with Gasteiger partial charge in [-0.1, -0.05) is 75.2 Å². The molecule has 5 nitrogen and oxygen atoms in total. The molecule has 2 atom stereocenters. The molecule has 1 aliphatic heterocycles. The molecule has 4 rings (SSSR count). The first-order valence-corrected chi connectivity index (χ1v) is 12.3. The molecule has 33 heavy (non-hydrogen) atoms. The summed E-state index contributed by atoms with van der Waals surface area (Å²) < 4.78 is 0. The van der Waals surface area contributed by atoms with Crippen molar-refractivity contribution in [2.75, 3.05) is 14.1 Å². The Morgan fingerprint density at radius 3 is 2.06 bits per heavy atom. The van der Waals surface area contributed by atoms with Crippen LogP contribution in [0.4, 0.5) is 0 Å². The first-order valence-electron chi connectivity index (χ1n) is 12.3. The van der Waals surface area contributed by atoms with E-state index in [0.717, 1.165) is 37.8 Å². The number of amides is 2. The molecule has 176 valence electrons. The van der Waals surface area contributed by atoms with Crippen LogP contribution in [-0.2, 0) is 35.5 Å². The molecule has 5 heteroatoms. The fourth-order valence-corrected chi connectivity index (χ4v) is 5.60. The topological polar surface area (TPSA) is 52.7 Å². The summed E-state index contributed by atoms with van der Waals surface area (Å²) in [6, 6.07) is 16.0. The molecular formula is C28H37N3O2. The third kappa shape index (κ3) is 4.98. The largest absolute Gasteiger partial charge is 0.342 e. The highest BCUT2D eigenvalue weighted by molar-refractivity contribution is 5.97. The molecule has 2 aromatic rings. The Labute approximate surface area is 198 Å².